The number of rotatable bonds is 2. The minimum atomic E-state index is -1.63. The molecule has 4 heterocycles. The van der Waals surface area contributed by atoms with Gasteiger partial charge in [0.15, 0.2) is 5.60 Å². The number of carbonyl (C=O) groups excluding carboxylic acids is 1. The summed E-state index contributed by atoms with van der Waals surface area (Å²) in [6.45, 7) is 3.46. The van der Waals surface area contributed by atoms with Crippen LogP contribution in [0.15, 0.2) is 36.5 Å². The van der Waals surface area contributed by atoms with Gasteiger partial charge < -0.3 is 15.7 Å². The maximum Gasteiger partial charge on any atom is 0.262 e. The third-order valence-corrected chi connectivity index (χ3v) is 5.64. The smallest absolute Gasteiger partial charge is 0.262 e. The fourth-order valence-electron chi connectivity index (χ4n) is 4.21. The number of piperidine rings is 1. The number of amides is 1. The van der Waals surface area contributed by atoms with E-state index in [1.807, 2.05) is 24.3 Å². The zero-order valence-electron chi connectivity index (χ0n) is 15.1. The lowest BCUT2D eigenvalue weighted by Crippen LogP contribution is -2.30. The number of hydrogen-bond acceptors (Lipinski definition) is 5. The van der Waals surface area contributed by atoms with Crippen molar-refractivity contribution in [2.75, 3.05) is 18.4 Å². The second-order valence-electron chi connectivity index (χ2n) is 7.40. The molecule has 3 N–H and O–H groups in total. The van der Waals surface area contributed by atoms with E-state index in [1.54, 1.807) is 6.20 Å². The van der Waals surface area contributed by atoms with Gasteiger partial charge in [0.2, 0.25) is 0 Å². The van der Waals surface area contributed by atoms with Crippen molar-refractivity contribution >= 4 is 22.6 Å². The molecule has 0 bridgehead atoms. The van der Waals surface area contributed by atoms with E-state index in [0.717, 1.165) is 48.1 Å². The Bertz CT molecular complexity index is 1050. The molecule has 7 heteroatoms. The van der Waals surface area contributed by atoms with Crippen molar-refractivity contribution in [3.05, 3.63) is 42.1 Å². The van der Waals surface area contributed by atoms with Crippen LogP contribution in [0.1, 0.15) is 31.4 Å². The van der Waals surface area contributed by atoms with Gasteiger partial charge in [-0.05, 0) is 45.0 Å². The minimum absolute atomic E-state index is 0.333. The zero-order valence-corrected chi connectivity index (χ0v) is 15.1. The number of para-hydroxylation sites is 1. The second kappa shape index (κ2) is 5.87. The first-order valence-electron chi connectivity index (χ1n) is 9.29. The largest absolute Gasteiger partial charge is 0.375 e. The molecule has 0 unspecified atom stereocenters. The Hall–Kier alpha value is -2.77. The topological polar surface area (TPSA) is 92.1 Å². The fraction of sp³-hybridized carbons (Fsp3) is 0.350. The summed E-state index contributed by atoms with van der Waals surface area (Å²) in [7, 11) is 0. The highest BCUT2D eigenvalue weighted by atomic mass is 16.3. The molecule has 1 saturated heterocycles. The van der Waals surface area contributed by atoms with Crippen LogP contribution in [-0.2, 0) is 10.4 Å². The first kappa shape index (κ1) is 16.4. The van der Waals surface area contributed by atoms with E-state index < -0.39 is 11.5 Å². The third kappa shape index (κ3) is 2.39. The molecule has 1 aromatic carbocycles. The molecule has 3 aromatic rings. The van der Waals surface area contributed by atoms with Crippen molar-refractivity contribution in [3.63, 3.8) is 0 Å². The number of nitrogens with zero attached hydrogens (tertiary/aromatic N) is 3. The van der Waals surface area contributed by atoms with Gasteiger partial charge in [0.1, 0.15) is 11.5 Å². The number of aliphatic hydroxyl groups is 1. The number of nitrogens with one attached hydrogen (secondary N) is 2. The zero-order chi connectivity index (χ0) is 18.6. The van der Waals surface area contributed by atoms with E-state index in [4.69, 9.17) is 5.10 Å². The van der Waals surface area contributed by atoms with Gasteiger partial charge in [-0.1, -0.05) is 18.2 Å². The second-order valence-corrected chi connectivity index (χ2v) is 7.40. The van der Waals surface area contributed by atoms with E-state index in [9.17, 15) is 9.90 Å². The highest BCUT2D eigenvalue weighted by Crippen LogP contribution is 2.42. The Kier molecular flexibility index (Phi) is 3.57. The molecule has 0 spiro atoms. The molecular formula is C20H21N5O2. The number of carbonyl (C=O) groups is 1. The average molecular weight is 363 g/mol. The molecule has 2 aliphatic rings. The van der Waals surface area contributed by atoms with Crippen LogP contribution >= 0.6 is 0 Å². The lowest BCUT2D eigenvalue weighted by atomic mass is 9.92. The number of benzene rings is 1. The molecule has 2 aromatic heterocycles. The SMILES string of the molecule is C[C@@]1(O)C(=O)Nc2nccc(-c3nn(C4CCNCC4)c4ccccc34)c21. The number of anilines is 1. The fourth-order valence-corrected chi connectivity index (χ4v) is 4.21. The van der Waals surface area contributed by atoms with Gasteiger partial charge in [-0.3, -0.25) is 9.48 Å². The summed E-state index contributed by atoms with van der Waals surface area (Å²) in [4.78, 5) is 16.5. The number of pyridine rings is 1. The van der Waals surface area contributed by atoms with Crippen LogP contribution in [0.25, 0.3) is 22.2 Å². The van der Waals surface area contributed by atoms with E-state index in [1.165, 1.54) is 6.92 Å². The van der Waals surface area contributed by atoms with Gasteiger partial charge in [-0.25, -0.2) is 4.98 Å². The Morgan fingerprint density at radius 1 is 1.22 bits per heavy atom. The minimum Gasteiger partial charge on any atom is -0.375 e. The Balaban J connectivity index is 1.74. The lowest BCUT2D eigenvalue weighted by molar-refractivity contribution is -0.131. The standard InChI is InChI=1S/C20H21N5O2/c1-20(27)16-14(8-11-22-18(16)23-19(20)26)17-13-4-2-3-5-15(13)25(24-17)12-6-9-21-10-7-12/h2-5,8,11-12,21,27H,6-7,9-10H2,1H3,(H,22,23,26)/t20-/m0/s1. The molecule has 1 fully saturated rings. The van der Waals surface area contributed by atoms with Gasteiger partial charge >= 0.3 is 0 Å². The molecule has 138 valence electrons. The van der Waals surface area contributed by atoms with Crippen LogP contribution in [-0.4, -0.2) is 38.9 Å². The van der Waals surface area contributed by atoms with Crippen LogP contribution in [0, 0.1) is 0 Å². The molecule has 2 aliphatic heterocycles. The normalized spacial score (nSPS) is 22.8. The first-order valence-corrected chi connectivity index (χ1v) is 9.29. The average Bonchev–Trinajstić information content (AvgIpc) is 3.18. The predicted molar refractivity (Wildman–Crippen MR) is 102 cm³/mol. The lowest BCUT2D eigenvalue weighted by Gasteiger charge is -2.23. The molecule has 0 aliphatic carbocycles. The van der Waals surface area contributed by atoms with Crippen molar-refractivity contribution in [3.8, 4) is 11.3 Å². The number of hydrogen-bond donors (Lipinski definition) is 3. The maximum atomic E-state index is 12.2. The van der Waals surface area contributed by atoms with Crippen LogP contribution < -0.4 is 10.6 Å². The first-order chi connectivity index (χ1) is 13.1. The number of aromatic nitrogens is 3. The summed E-state index contributed by atoms with van der Waals surface area (Å²) >= 11 is 0. The number of fused-ring (bicyclic) bond motifs is 2. The van der Waals surface area contributed by atoms with Crippen molar-refractivity contribution in [1.29, 1.82) is 0 Å². The van der Waals surface area contributed by atoms with Gasteiger partial charge in [-0.15, -0.1) is 0 Å². The van der Waals surface area contributed by atoms with E-state index in [2.05, 4.69) is 26.4 Å². The summed E-state index contributed by atoms with van der Waals surface area (Å²) in [6.07, 6.45) is 3.70. The summed E-state index contributed by atoms with van der Waals surface area (Å²) < 4.78 is 2.11. The van der Waals surface area contributed by atoms with Crippen molar-refractivity contribution in [2.45, 2.75) is 31.4 Å². The van der Waals surface area contributed by atoms with Gasteiger partial charge in [0, 0.05) is 22.7 Å². The maximum absolute atomic E-state index is 12.2. The van der Waals surface area contributed by atoms with Crippen molar-refractivity contribution < 1.29 is 9.90 Å². The Morgan fingerprint density at radius 3 is 2.81 bits per heavy atom. The summed E-state index contributed by atoms with van der Waals surface area (Å²) in [5.41, 5.74) is 1.46. The van der Waals surface area contributed by atoms with Crippen LogP contribution in [0.3, 0.4) is 0 Å². The van der Waals surface area contributed by atoms with Crippen LogP contribution in [0.4, 0.5) is 5.82 Å². The molecular weight excluding hydrogens is 342 g/mol. The molecule has 27 heavy (non-hydrogen) atoms. The molecule has 1 amide bonds. The van der Waals surface area contributed by atoms with E-state index in [-0.39, 0.29) is 0 Å². The third-order valence-electron chi connectivity index (χ3n) is 5.64. The highest BCUT2D eigenvalue weighted by molar-refractivity contribution is 6.07. The summed E-state index contributed by atoms with van der Waals surface area (Å²) in [6, 6.07) is 10.3. The molecule has 7 nitrogen and oxygen atoms in total. The predicted octanol–water partition coefficient (Wildman–Crippen LogP) is 2.18. The Labute approximate surface area is 156 Å². The van der Waals surface area contributed by atoms with Gasteiger partial charge in [-0.2, -0.15) is 5.10 Å². The van der Waals surface area contributed by atoms with Gasteiger partial charge in [0.05, 0.1) is 11.6 Å². The van der Waals surface area contributed by atoms with Gasteiger partial charge in [0.25, 0.3) is 5.91 Å². The monoisotopic (exact) mass is 363 g/mol. The molecule has 1 atom stereocenters. The molecule has 0 saturated carbocycles. The summed E-state index contributed by atoms with van der Waals surface area (Å²) in [5.74, 6) is -0.0532. The molecule has 0 radical (unpaired) electrons. The van der Waals surface area contributed by atoms with Crippen molar-refractivity contribution in [2.24, 2.45) is 0 Å². The van der Waals surface area contributed by atoms with Crippen LogP contribution in [0.2, 0.25) is 0 Å². The van der Waals surface area contributed by atoms with Crippen LogP contribution in [0.5, 0.6) is 0 Å². The quantitative estimate of drug-likeness (QED) is 0.649. The molecule has 5 rings (SSSR count). The summed E-state index contributed by atoms with van der Waals surface area (Å²) in [5, 5.41) is 22.8. The van der Waals surface area contributed by atoms with E-state index in [0.29, 0.717) is 17.4 Å². The van der Waals surface area contributed by atoms with Crippen molar-refractivity contribution in [1.82, 2.24) is 20.1 Å². The van der Waals surface area contributed by atoms with E-state index >= 15 is 0 Å². The Morgan fingerprint density at radius 2 is 2.00 bits per heavy atom. The highest BCUT2D eigenvalue weighted by Gasteiger charge is 2.44.